The van der Waals surface area contributed by atoms with Crippen molar-refractivity contribution in [1.82, 2.24) is 0 Å². The van der Waals surface area contributed by atoms with E-state index in [0.717, 1.165) is 0 Å². The Kier molecular flexibility index (Phi) is 4.38. The van der Waals surface area contributed by atoms with Crippen LogP contribution in [0.2, 0.25) is 5.02 Å². The van der Waals surface area contributed by atoms with E-state index in [9.17, 15) is 9.59 Å². The molecule has 0 aliphatic heterocycles. The van der Waals surface area contributed by atoms with Crippen LogP contribution in [-0.2, 0) is 4.79 Å². The molecule has 2 aromatic carbocycles. The summed E-state index contributed by atoms with van der Waals surface area (Å²) in [7, 11) is 0. The molecule has 0 aliphatic rings. The fraction of sp³-hybridized carbons (Fsp3) is 0.0667. The van der Waals surface area contributed by atoms with Gasteiger partial charge >= 0.3 is 5.97 Å². The Balaban J connectivity index is 2.05. The monoisotopic (exact) mass is 289 g/mol. The van der Waals surface area contributed by atoms with Gasteiger partial charge in [0.1, 0.15) is 5.75 Å². The molecule has 4 nitrogen and oxygen atoms in total. The van der Waals surface area contributed by atoms with Crippen LogP contribution in [0.3, 0.4) is 0 Å². The van der Waals surface area contributed by atoms with E-state index in [1.54, 1.807) is 48.5 Å². The number of nitrogens with one attached hydrogen (secondary N) is 1. The molecule has 2 aromatic rings. The Bertz CT molecular complexity index is 621. The Labute approximate surface area is 121 Å². The first-order chi connectivity index (χ1) is 9.54. The molecule has 5 heteroatoms. The quantitative estimate of drug-likeness (QED) is 0.695. The third kappa shape index (κ3) is 3.83. The van der Waals surface area contributed by atoms with Gasteiger partial charge < -0.3 is 10.1 Å². The van der Waals surface area contributed by atoms with Crippen molar-refractivity contribution in [1.29, 1.82) is 0 Å². The van der Waals surface area contributed by atoms with E-state index >= 15 is 0 Å². The summed E-state index contributed by atoms with van der Waals surface area (Å²) in [5, 5.41) is 3.19. The number of amides is 1. The number of hydrogen-bond donors (Lipinski definition) is 1. The van der Waals surface area contributed by atoms with Gasteiger partial charge in [0, 0.05) is 17.6 Å². The molecule has 0 saturated heterocycles. The summed E-state index contributed by atoms with van der Waals surface area (Å²) in [5.74, 6) is -0.214. The highest BCUT2D eigenvalue weighted by Gasteiger charge is 2.08. The summed E-state index contributed by atoms with van der Waals surface area (Å²) >= 11 is 5.75. The van der Waals surface area contributed by atoms with Crippen LogP contribution >= 0.6 is 11.6 Å². The maximum atomic E-state index is 11.9. The van der Waals surface area contributed by atoms with E-state index in [0.29, 0.717) is 22.0 Å². The summed E-state index contributed by atoms with van der Waals surface area (Å²) < 4.78 is 5.19. The molecule has 2 rings (SSSR count). The Morgan fingerprint density at radius 1 is 1.00 bits per heavy atom. The smallest absolute Gasteiger partial charge is 0.343 e. The van der Waals surface area contributed by atoms with E-state index in [1.165, 1.54) is 6.92 Å². The molecule has 0 saturated carbocycles. The minimum atomic E-state index is -0.471. The molecule has 0 fully saturated rings. The lowest BCUT2D eigenvalue weighted by atomic mass is 10.2. The summed E-state index contributed by atoms with van der Waals surface area (Å²) in [6.07, 6.45) is 0. The fourth-order valence-electron chi connectivity index (χ4n) is 1.56. The normalized spacial score (nSPS) is 9.90. The number of anilines is 1. The largest absolute Gasteiger partial charge is 0.423 e. The number of rotatable bonds is 3. The van der Waals surface area contributed by atoms with E-state index in [-0.39, 0.29) is 5.91 Å². The first-order valence-electron chi connectivity index (χ1n) is 5.90. The molecule has 0 radical (unpaired) electrons. The van der Waals surface area contributed by atoms with Gasteiger partial charge in [0.25, 0.3) is 0 Å². The average Bonchev–Trinajstić information content (AvgIpc) is 2.41. The van der Waals surface area contributed by atoms with Crippen LogP contribution in [0.1, 0.15) is 17.3 Å². The minimum Gasteiger partial charge on any atom is -0.423 e. The van der Waals surface area contributed by atoms with Gasteiger partial charge in [-0.3, -0.25) is 4.79 Å². The van der Waals surface area contributed by atoms with Gasteiger partial charge in [-0.25, -0.2) is 4.79 Å². The summed E-state index contributed by atoms with van der Waals surface area (Å²) in [4.78, 5) is 22.8. The molecule has 0 atom stereocenters. The molecular formula is C15H12ClNO3. The molecule has 20 heavy (non-hydrogen) atoms. The number of halogens is 1. The second kappa shape index (κ2) is 6.21. The number of benzene rings is 2. The summed E-state index contributed by atoms with van der Waals surface area (Å²) in [6, 6.07) is 13.0. The van der Waals surface area contributed by atoms with Crippen LogP contribution in [0.15, 0.2) is 48.5 Å². The first kappa shape index (κ1) is 14.1. The third-order valence-corrected chi connectivity index (χ3v) is 2.72. The third-order valence-electron chi connectivity index (χ3n) is 2.47. The summed E-state index contributed by atoms with van der Waals surface area (Å²) in [6.45, 7) is 1.42. The zero-order valence-corrected chi connectivity index (χ0v) is 11.5. The lowest BCUT2D eigenvalue weighted by Crippen LogP contribution is -2.09. The van der Waals surface area contributed by atoms with E-state index in [2.05, 4.69) is 5.32 Å². The lowest BCUT2D eigenvalue weighted by Gasteiger charge is -2.06. The van der Waals surface area contributed by atoms with Crippen molar-refractivity contribution in [3.8, 4) is 5.75 Å². The molecule has 0 aromatic heterocycles. The minimum absolute atomic E-state index is 0.165. The molecule has 1 amide bonds. The molecule has 0 unspecified atom stereocenters. The van der Waals surface area contributed by atoms with Gasteiger partial charge in [-0.15, -0.1) is 0 Å². The summed E-state index contributed by atoms with van der Waals surface area (Å²) in [5.41, 5.74) is 1.02. The Morgan fingerprint density at radius 3 is 2.15 bits per heavy atom. The zero-order chi connectivity index (χ0) is 14.5. The highest BCUT2D eigenvalue weighted by molar-refractivity contribution is 6.30. The molecule has 0 spiro atoms. The molecule has 0 aliphatic carbocycles. The number of esters is 1. The zero-order valence-electron chi connectivity index (χ0n) is 10.7. The highest BCUT2D eigenvalue weighted by Crippen LogP contribution is 2.17. The van der Waals surface area contributed by atoms with Crippen molar-refractivity contribution >= 4 is 29.2 Å². The van der Waals surface area contributed by atoms with E-state index in [1.807, 2.05) is 0 Å². The van der Waals surface area contributed by atoms with Crippen molar-refractivity contribution in [2.24, 2.45) is 0 Å². The maximum absolute atomic E-state index is 11.9. The van der Waals surface area contributed by atoms with E-state index < -0.39 is 5.97 Å². The average molecular weight is 290 g/mol. The van der Waals surface area contributed by atoms with Crippen molar-refractivity contribution in [3.05, 3.63) is 59.1 Å². The Morgan fingerprint density at radius 2 is 1.60 bits per heavy atom. The van der Waals surface area contributed by atoms with Gasteiger partial charge in [0.15, 0.2) is 0 Å². The number of carbonyl (C=O) groups excluding carboxylic acids is 2. The van der Waals surface area contributed by atoms with Gasteiger partial charge in [-0.1, -0.05) is 11.6 Å². The second-order valence-electron chi connectivity index (χ2n) is 4.10. The first-order valence-corrected chi connectivity index (χ1v) is 6.28. The maximum Gasteiger partial charge on any atom is 0.343 e. The number of ether oxygens (including phenoxy) is 1. The second-order valence-corrected chi connectivity index (χ2v) is 4.54. The predicted molar refractivity (Wildman–Crippen MR) is 77.2 cm³/mol. The van der Waals surface area contributed by atoms with Crippen molar-refractivity contribution < 1.29 is 14.3 Å². The number of hydrogen-bond acceptors (Lipinski definition) is 3. The standard InChI is InChI=1S/C15H12ClNO3/c1-10(18)17-13-6-2-11(3-7-13)15(19)20-14-8-4-12(16)5-9-14/h2-9H,1H3,(H,17,18). The van der Waals surface area contributed by atoms with Crippen LogP contribution in [0.5, 0.6) is 5.75 Å². The van der Waals surface area contributed by atoms with Crippen LogP contribution in [0.4, 0.5) is 5.69 Å². The van der Waals surface area contributed by atoms with Crippen LogP contribution in [-0.4, -0.2) is 11.9 Å². The predicted octanol–water partition coefficient (Wildman–Crippen LogP) is 3.52. The van der Waals surface area contributed by atoms with Gasteiger partial charge in [0.05, 0.1) is 5.56 Å². The lowest BCUT2D eigenvalue weighted by molar-refractivity contribution is -0.114. The molecule has 102 valence electrons. The SMILES string of the molecule is CC(=O)Nc1ccc(C(=O)Oc2ccc(Cl)cc2)cc1. The van der Waals surface area contributed by atoms with Gasteiger partial charge in [0.2, 0.25) is 5.91 Å². The van der Waals surface area contributed by atoms with Crippen LogP contribution in [0, 0.1) is 0 Å². The van der Waals surface area contributed by atoms with Crippen molar-refractivity contribution in [3.63, 3.8) is 0 Å². The highest BCUT2D eigenvalue weighted by atomic mass is 35.5. The van der Waals surface area contributed by atoms with Crippen LogP contribution < -0.4 is 10.1 Å². The van der Waals surface area contributed by atoms with Crippen molar-refractivity contribution in [2.45, 2.75) is 6.92 Å². The topological polar surface area (TPSA) is 55.4 Å². The van der Waals surface area contributed by atoms with Gasteiger partial charge in [-0.2, -0.15) is 0 Å². The number of carbonyl (C=O) groups is 2. The molecule has 1 N–H and O–H groups in total. The molecule has 0 heterocycles. The fourth-order valence-corrected chi connectivity index (χ4v) is 1.69. The van der Waals surface area contributed by atoms with Gasteiger partial charge in [-0.05, 0) is 48.5 Å². The molecular weight excluding hydrogens is 278 g/mol. The van der Waals surface area contributed by atoms with Crippen molar-refractivity contribution in [2.75, 3.05) is 5.32 Å². The molecule has 0 bridgehead atoms. The Hall–Kier alpha value is -2.33. The van der Waals surface area contributed by atoms with E-state index in [4.69, 9.17) is 16.3 Å². The van der Waals surface area contributed by atoms with Crippen LogP contribution in [0.25, 0.3) is 0 Å².